The average Bonchev–Trinajstić information content (AvgIpc) is 2.72. The number of thiazole rings is 1. The number of likely N-dealkylation sites (N-methyl/N-ethyl adjacent to an activating group) is 1. The highest BCUT2D eigenvalue weighted by atomic mass is 32.1. The molecular weight excluding hydrogens is 238 g/mol. The third-order valence-corrected chi connectivity index (χ3v) is 4.04. The Kier molecular flexibility index (Phi) is 3.76. The fourth-order valence-corrected chi connectivity index (χ4v) is 2.62. The van der Waals surface area contributed by atoms with Gasteiger partial charge in [0.2, 0.25) is 5.01 Å². The van der Waals surface area contributed by atoms with E-state index in [1.165, 1.54) is 11.3 Å². The van der Waals surface area contributed by atoms with Crippen molar-refractivity contribution in [2.75, 3.05) is 26.7 Å². The molecule has 1 fully saturated rings. The normalized spacial score (nSPS) is 22.8. The van der Waals surface area contributed by atoms with Crippen molar-refractivity contribution in [3.8, 4) is 0 Å². The summed E-state index contributed by atoms with van der Waals surface area (Å²) in [5, 5.41) is 10.8. The summed E-state index contributed by atoms with van der Waals surface area (Å²) in [5.74, 6) is -0.937. The molecule has 0 radical (unpaired) electrons. The number of aromatic carboxylic acids is 1. The Morgan fingerprint density at radius 3 is 3.00 bits per heavy atom. The highest BCUT2D eigenvalue weighted by Gasteiger charge is 2.21. The molecule has 94 valence electrons. The summed E-state index contributed by atoms with van der Waals surface area (Å²) in [6.45, 7) is 6.03. The van der Waals surface area contributed by atoms with Crippen molar-refractivity contribution in [2.45, 2.75) is 19.5 Å². The minimum Gasteiger partial charge on any atom is -0.476 e. The van der Waals surface area contributed by atoms with Crippen molar-refractivity contribution in [1.29, 1.82) is 0 Å². The molecule has 1 aliphatic heterocycles. The molecule has 2 heterocycles. The average molecular weight is 255 g/mol. The summed E-state index contributed by atoms with van der Waals surface area (Å²) < 4.78 is 0. The molecular formula is C11H17N3O2S. The minimum atomic E-state index is -0.937. The van der Waals surface area contributed by atoms with Crippen molar-refractivity contribution in [3.05, 3.63) is 16.1 Å². The van der Waals surface area contributed by atoms with E-state index < -0.39 is 5.97 Å². The van der Waals surface area contributed by atoms with Crippen LogP contribution in [0.2, 0.25) is 0 Å². The molecule has 1 aliphatic rings. The van der Waals surface area contributed by atoms with Crippen LogP contribution in [0.5, 0.6) is 0 Å². The first kappa shape index (κ1) is 12.5. The van der Waals surface area contributed by atoms with Crippen LogP contribution in [-0.2, 0) is 6.54 Å². The number of aromatic nitrogens is 1. The maximum Gasteiger partial charge on any atom is 0.365 e. The number of carboxylic acids is 1. The molecule has 0 aromatic carbocycles. The molecule has 1 unspecified atom stereocenters. The van der Waals surface area contributed by atoms with E-state index in [0.29, 0.717) is 6.04 Å². The molecule has 0 saturated carbocycles. The largest absolute Gasteiger partial charge is 0.476 e. The molecule has 5 nitrogen and oxygen atoms in total. The minimum absolute atomic E-state index is 0.183. The van der Waals surface area contributed by atoms with E-state index in [0.717, 1.165) is 31.9 Å². The molecule has 2 rings (SSSR count). The fraction of sp³-hybridized carbons (Fsp3) is 0.636. The first-order valence-corrected chi connectivity index (χ1v) is 6.54. The molecule has 0 spiro atoms. The lowest BCUT2D eigenvalue weighted by Crippen LogP contribution is -2.49. The third kappa shape index (κ3) is 3.02. The van der Waals surface area contributed by atoms with Gasteiger partial charge in [-0.1, -0.05) is 0 Å². The van der Waals surface area contributed by atoms with Crippen LogP contribution in [-0.4, -0.2) is 58.6 Å². The first-order chi connectivity index (χ1) is 8.06. The SMILES string of the molecule is CC1CN(Cc2csc(C(=O)O)n2)CCN1C. The predicted octanol–water partition coefficient (Wildman–Crippen LogP) is 0.977. The molecule has 1 saturated heterocycles. The van der Waals surface area contributed by atoms with Crippen LogP contribution in [0.1, 0.15) is 22.4 Å². The van der Waals surface area contributed by atoms with Gasteiger partial charge in [-0.15, -0.1) is 11.3 Å². The Hall–Kier alpha value is -0.980. The van der Waals surface area contributed by atoms with Crippen molar-refractivity contribution in [1.82, 2.24) is 14.8 Å². The topological polar surface area (TPSA) is 56.7 Å². The van der Waals surface area contributed by atoms with Crippen LogP contribution in [0, 0.1) is 0 Å². The number of hydrogen-bond acceptors (Lipinski definition) is 5. The van der Waals surface area contributed by atoms with Crippen LogP contribution in [0.15, 0.2) is 5.38 Å². The zero-order valence-electron chi connectivity index (χ0n) is 10.1. The van der Waals surface area contributed by atoms with Gasteiger partial charge in [0.05, 0.1) is 5.69 Å². The smallest absolute Gasteiger partial charge is 0.365 e. The van der Waals surface area contributed by atoms with E-state index >= 15 is 0 Å². The van der Waals surface area contributed by atoms with Gasteiger partial charge in [0.15, 0.2) is 0 Å². The van der Waals surface area contributed by atoms with E-state index in [2.05, 4.69) is 28.8 Å². The molecule has 6 heteroatoms. The Labute approximate surface area is 105 Å². The lowest BCUT2D eigenvalue weighted by atomic mass is 10.2. The molecule has 1 atom stereocenters. The summed E-state index contributed by atoms with van der Waals surface area (Å²) in [6, 6.07) is 0.543. The van der Waals surface area contributed by atoms with Crippen LogP contribution >= 0.6 is 11.3 Å². The second-order valence-corrected chi connectivity index (χ2v) is 5.37. The van der Waals surface area contributed by atoms with Crippen LogP contribution < -0.4 is 0 Å². The fourth-order valence-electron chi connectivity index (χ4n) is 1.97. The van der Waals surface area contributed by atoms with Crippen molar-refractivity contribution in [3.63, 3.8) is 0 Å². The Bertz CT molecular complexity index is 407. The van der Waals surface area contributed by atoms with E-state index in [1.54, 1.807) is 0 Å². The number of carboxylic acid groups (broad SMARTS) is 1. The second kappa shape index (κ2) is 5.12. The Balaban J connectivity index is 1.94. The molecule has 0 amide bonds. The predicted molar refractivity (Wildman–Crippen MR) is 66.4 cm³/mol. The van der Waals surface area contributed by atoms with Gasteiger partial charge in [-0.25, -0.2) is 9.78 Å². The highest BCUT2D eigenvalue weighted by molar-refractivity contribution is 7.11. The number of carbonyl (C=O) groups is 1. The molecule has 0 aliphatic carbocycles. The summed E-state index contributed by atoms with van der Waals surface area (Å²) in [7, 11) is 2.13. The first-order valence-electron chi connectivity index (χ1n) is 5.66. The quantitative estimate of drug-likeness (QED) is 0.872. The maximum absolute atomic E-state index is 10.7. The zero-order valence-corrected chi connectivity index (χ0v) is 10.9. The van der Waals surface area contributed by atoms with Crippen LogP contribution in [0.4, 0.5) is 0 Å². The van der Waals surface area contributed by atoms with Crippen molar-refractivity contribution in [2.24, 2.45) is 0 Å². The number of piperazine rings is 1. The van der Waals surface area contributed by atoms with Crippen LogP contribution in [0.25, 0.3) is 0 Å². The zero-order chi connectivity index (χ0) is 12.4. The van der Waals surface area contributed by atoms with Gasteiger partial charge in [-0.05, 0) is 14.0 Å². The maximum atomic E-state index is 10.7. The molecule has 1 N–H and O–H groups in total. The van der Waals surface area contributed by atoms with Gasteiger partial charge in [-0.2, -0.15) is 0 Å². The monoisotopic (exact) mass is 255 g/mol. The lowest BCUT2D eigenvalue weighted by molar-refractivity contribution is 0.0695. The highest BCUT2D eigenvalue weighted by Crippen LogP contribution is 2.14. The van der Waals surface area contributed by atoms with Gasteiger partial charge < -0.3 is 10.0 Å². The van der Waals surface area contributed by atoms with E-state index in [4.69, 9.17) is 5.11 Å². The van der Waals surface area contributed by atoms with Gasteiger partial charge in [0.25, 0.3) is 0 Å². The van der Waals surface area contributed by atoms with Gasteiger partial charge in [0, 0.05) is 37.6 Å². The Morgan fingerprint density at radius 2 is 2.41 bits per heavy atom. The van der Waals surface area contributed by atoms with Crippen molar-refractivity contribution >= 4 is 17.3 Å². The second-order valence-electron chi connectivity index (χ2n) is 4.51. The molecule has 17 heavy (non-hydrogen) atoms. The summed E-state index contributed by atoms with van der Waals surface area (Å²) in [5.41, 5.74) is 0.865. The third-order valence-electron chi connectivity index (χ3n) is 3.16. The van der Waals surface area contributed by atoms with Crippen LogP contribution in [0.3, 0.4) is 0 Å². The van der Waals surface area contributed by atoms with E-state index in [9.17, 15) is 4.79 Å². The number of hydrogen-bond donors (Lipinski definition) is 1. The summed E-state index contributed by atoms with van der Waals surface area (Å²) in [6.07, 6.45) is 0. The molecule has 0 bridgehead atoms. The number of rotatable bonds is 3. The standard InChI is InChI=1S/C11H17N3O2S/c1-8-5-14(4-3-13(8)2)6-9-7-17-10(12-9)11(15)16/h7-8H,3-6H2,1-2H3,(H,15,16). The van der Waals surface area contributed by atoms with E-state index in [-0.39, 0.29) is 5.01 Å². The molecule has 1 aromatic rings. The van der Waals surface area contributed by atoms with E-state index in [1.807, 2.05) is 5.38 Å². The van der Waals surface area contributed by atoms with Gasteiger partial charge in [-0.3, -0.25) is 4.90 Å². The van der Waals surface area contributed by atoms with Gasteiger partial charge in [0.1, 0.15) is 0 Å². The molecule has 1 aromatic heterocycles. The van der Waals surface area contributed by atoms with Gasteiger partial charge >= 0.3 is 5.97 Å². The van der Waals surface area contributed by atoms with Crippen molar-refractivity contribution < 1.29 is 9.90 Å². The Morgan fingerprint density at radius 1 is 1.65 bits per heavy atom. The summed E-state index contributed by atoms with van der Waals surface area (Å²) in [4.78, 5) is 19.5. The lowest BCUT2D eigenvalue weighted by Gasteiger charge is -2.37. The summed E-state index contributed by atoms with van der Waals surface area (Å²) >= 11 is 1.20. The number of nitrogens with zero attached hydrogens (tertiary/aromatic N) is 3.